The minimum atomic E-state index is -0.385. The molecule has 0 radical (unpaired) electrons. The average molecular weight is 322 g/mol. The van der Waals surface area contributed by atoms with Gasteiger partial charge >= 0.3 is 5.97 Å². The fourth-order valence-electron chi connectivity index (χ4n) is 1.70. The maximum atomic E-state index is 11.6. The predicted octanol–water partition coefficient (Wildman–Crippen LogP) is 2.45. The van der Waals surface area contributed by atoms with E-state index in [0.717, 1.165) is 10.0 Å². The van der Waals surface area contributed by atoms with E-state index in [2.05, 4.69) is 20.7 Å². The van der Waals surface area contributed by atoms with Gasteiger partial charge < -0.3 is 9.30 Å². The molecule has 0 aliphatic carbocycles. The molecule has 19 heavy (non-hydrogen) atoms. The standard InChI is InChI=1S/C14H12BrNO3/c1-19-14(18)10-5-6-11(12(15)8-10)9-16-7-3-2-4-13(16)17/h2-8H,9H2,1H3. The first kappa shape index (κ1) is 13.5. The van der Waals surface area contributed by atoms with Crippen LogP contribution >= 0.6 is 15.9 Å². The van der Waals surface area contributed by atoms with Gasteiger partial charge in [0.2, 0.25) is 0 Å². The summed E-state index contributed by atoms with van der Waals surface area (Å²) < 4.78 is 7.02. The fraction of sp³-hybridized carbons (Fsp3) is 0.143. The van der Waals surface area contributed by atoms with E-state index in [1.165, 1.54) is 13.2 Å². The van der Waals surface area contributed by atoms with E-state index in [9.17, 15) is 9.59 Å². The summed E-state index contributed by atoms with van der Waals surface area (Å²) in [7, 11) is 1.34. The number of hydrogen-bond acceptors (Lipinski definition) is 3. The van der Waals surface area contributed by atoms with Gasteiger partial charge in [-0.05, 0) is 23.8 Å². The van der Waals surface area contributed by atoms with Crippen molar-refractivity contribution < 1.29 is 9.53 Å². The number of ether oxygens (including phenoxy) is 1. The van der Waals surface area contributed by atoms with Gasteiger partial charge in [0.15, 0.2) is 0 Å². The van der Waals surface area contributed by atoms with Crippen LogP contribution in [0.15, 0.2) is 51.9 Å². The molecule has 0 bridgehead atoms. The zero-order valence-electron chi connectivity index (χ0n) is 10.3. The number of benzene rings is 1. The smallest absolute Gasteiger partial charge is 0.337 e. The van der Waals surface area contributed by atoms with Crippen molar-refractivity contribution >= 4 is 21.9 Å². The first-order valence-electron chi connectivity index (χ1n) is 5.64. The highest BCUT2D eigenvalue weighted by molar-refractivity contribution is 9.10. The first-order valence-corrected chi connectivity index (χ1v) is 6.43. The summed E-state index contributed by atoms with van der Waals surface area (Å²) in [5.41, 5.74) is 1.32. The number of pyridine rings is 1. The van der Waals surface area contributed by atoms with Gasteiger partial charge in [-0.25, -0.2) is 4.79 Å². The maximum absolute atomic E-state index is 11.6. The molecule has 0 saturated carbocycles. The van der Waals surface area contributed by atoms with Crippen LogP contribution in [0.25, 0.3) is 0 Å². The Balaban J connectivity index is 2.30. The zero-order valence-corrected chi connectivity index (χ0v) is 11.9. The highest BCUT2D eigenvalue weighted by Crippen LogP contribution is 2.19. The van der Waals surface area contributed by atoms with E-state index < -0.39 is 0 Å². The summed E-state index contributed by atoms with van der Waals surface area (Å²) in [6.07, 6.45) is 1.73. The molecule has 2 rings (SSSR count). The third-order valence-electron chi connectivity index (χ3n) is 2.71. The average Bonchev–Trinajstić information content (AvgIpc) is 2.42. The second-order valence-electron chi connectivity index (χ2n) is 3.96. The largest absolute Gasteiger partial charge is 0.465 e. The van der Waals surface area contributed by atoms with Gasteiger partial charge in [0.1, 0.15) is 0 Å². The molecule has 0 saturated heterocycles. The number of carbonyl (C=O) groups excluding carboxylic acids is 1. The van der Waals surface area contributed by atoms with Crippen LogP contribution in [0.5, 0.6) is 0 Å². The van der Waals surface area contributed by atoms with Crippen molar-refractivity contribution in [2.45, 2.75) is 6.54 Å². The molecule has 5 heteroatoms. The van der Waals surface area contributed by atoms with Crippen LogP contribution in [0, 0.1) is 0 Å². The van der Waals surface area contributed by atoms with Gasteiger partial charge in [0.25, 0.3) is 5.56 Å². The summed E-state index contributed by atoms with van der Waals surface area (Å²) in [5.74, 6) is -0.385. The number of rotatable bonds is 3. The van der Waals surface area contributed by atoms with E-state index in [1.807, 2.05) is 0 Å². The molecule has 0 unspecified atom stereocenters. The Morgan fingerprint density at radius 3 is 2.74 bits per heavy atom. The lowest BCUT2D eigenvalue weighted by Crippen LogP contribution is -2.18. The van der Waals surface area contributed by atoms with E-state index in [4.69, 9.17) is 0 Å². The van der Waals surface area contributed by atoms with Crippen LogP contribution in [0.4, 0.5) is 0 Å². The Kier molecular flexibility index (Phi) is 4.16. The number of carbonyl (C=O) groups is 1. The fourth-order valence-corrected chi connectivity index (χ4v) is 2.20. The van der Waals surface area contributed by atoms with Crippen molar-refractivity contribution in [1.29, 1.82) is 0 Å². The molecule has 4 nitrogen and oxygen atoms in total. The third-order valence-corrected chi connectivity index (χ3v) is 3.45. The highest BCUT2D eigenvalue weighted by atomic mass is 79.9. The Morgan fingerprint density at radius 1 is 1.32 bits per heavy atom. The number of halogens is 1. The van der Waals surface area contributed by atoms with E-state index in [-0.39, 0.29) is 11.5 Å². The van der Waals surface area contributed by atoms with Crippen LogP contribution < -0.4 is 5.56 Å². The minimum Gasteiger partial charge on any atom is -0.465 e. The molecular weight excluding hydrogens is 310 g/mol. The van der Waals surface area contributed by atoms with Crippen molar-refractivity contribution in [3.8, 4) is 0 Å². The van der Waals surface area contributed by atoms with Gasteiger partial charge in [-0.15, -0.1) is 0 Å². The van der Waals surface area contributed by atoms with Crippen LogP contribution in [-0.2, 0) is 11.3 Å². The van der Waals surface area contributed by atoms with Gasteiger partial charge in [-0.2, -0.15) is 0 Å². The molecule has 1 aromatic heterocycles. The quantitative estimate of drug-likeness (QED) is 0.816. The van der Waals surface area contributed by atoms with Crippen LogP contribution in [0.2, 0.25) is 0 Å². The Bertz CT molecular complexity index is 664. The van der Waals surface area contributed by atoms with Gasteiger partial charge in [0, 0.05) is 16.7 Å². The summed E-state index contributed by atoms with van der Waals surface area (Å²) in [5, 5.41) is 0. The summed E-state index contributed by atoms with van der Waals surface area (Å²) >= 11 is 3.40. The lowest BCUT2D eigenvalue weighted by Gasteiger charge is -2.08. The Morgan fingerprint density at radius 2 is 2.11 bits per heavy atom. The summed E-state index contributed by atoms with van der Waals surface area (Å²) in [6.45, 7) is 0.446. The van der Waals surface area contributed by atoms with E-state index in [1.54, 1.807) is 41.1 Å². The lowest BCUT2D eigenvalue weighted by atomic mass is 10.1. The van der Waals surface area contributed by atoms with Crippen molar-refractivity contribution in [3.05, 3.63) is 68.5 Å². The molecule has 0 fully saturated rings. The number of esters is 1. The first-order chi connectivity index (χ1) is 9.11. The molecule has 2 aromatic rings. The Labute approximate surface area is 118 Å². The number of methoxy groups -OCH3 is 1. The molecule has 1 aromatic carbocycles. The molecule has 0 aliphatic heterocycles. The van der Waals surface area contributed by atoms with Crippen molar-refractivity contribution in [1.82, 2.24) is 4.57 Å². The maximum Gasteiger partial charge on any atom is 0.337 e. The molecule has 98 valence electrons. The minimum absolute atomic E-state index is 0.0635. The third kappa shape index (κ3) is 3.12. The van der Waals surface area contributed by atoms with Gasteiger partial charge in [-0.1, -0.05) is 28.1 Å². The molecule has 0 atom stereocenters. The number of aromatic nitrogens is 1. The van der Waals surface area contributed by atoms with E-state index >= 15 is 0 Å². The summed E-state index contributed by atoms with van der Waals surface area (Å²) in [4.78, 5) is 23.0. The molecular formula is C14H12BrNO3. The topological polar surface area (TPSA) is 48.3 Å². The van der Waals surface area contributed by atoms with Crippen molar-refractivity contribution in [3.63, 3.8) is 0 Å². The lowest BCUT2D eigenvalue weighted by molar-refractivity contribution is 0.0600. The SMILES string of the molecule is COC(=O)c1ccc(Cn2ccccc2=O)c(Br)c1. The van der Waals surface area contributed by atoms with Gasteiger partial charge in [-0.3, -0.25) is 4.79 Å². The highest BCUT2D eigenvalue weighted by Gasteiger charge is 2.09. The molecule has 0 spiro atoms. The Hall–Kier alpha value is -1.88. The van der Waals surface area contributed by atoms with E-state index in [0.29, 0.717) is 12.1 Å². The molecule has 1 heterocycles. The second-order valence-corrected chi connectivity index (χ2v) is 4.82. The van der Waals surface area contributed by atoms with Crippen molar-refractivity contribution in [2.24, 2.45) is 0 Å². The summed E-state index contributed by atoms with van der Waals surface area (Å²) in [6, 6.07) is 10.2. The van der Waals surface area contributed by atoms with Crippen LogP contribution in [-0.4, -0.2) is 17.6 Å². The molecule has 0 aliphatic rings. The van der Waals surface area contributed by atoms with Crippen LogP contribution in [0.1, 0.15) is 15.9 Å². The monoisotopic (exact) mass is 321 g/mol. The second kappa shape index (κ2) is 5.84. The molecule has 0 N–H and O–H groups in total. The number of nitrogens with zero attached hydrogens (tertiary/aromatic N) is 1. The molecule has 0 amide bonds. The van der Waals surface area contributed by atoms with Crippen LogP contribution in [0.3, 0.4) is 0 Å². The van der Waals surface area contributed by atoms with Crippen molar-refractivity contribution in [2.75, 3.05) is 7.11 Å². The normalized spacial score (nSPS) is 10.2. The van der Waals surface area contributed by atoms with Gasteiger partial charge in [0.05, 0.1) is 19.2 Å². The number of hydrogen-bond donors (Lipinski definition) is 0. The predicted molar refractivity (Wildman–Crippen MR) is 75.3 cm³/mol. The zero-order chi connectivity index (χ0) is 13.8.